The monoisotopic (exact) mass is 254 g/mol. The van der Waals surface area contributed by atoms with Crippen LogP contribution in [-0.4, -0.2) is 24.6 Å². The van der Waals surface area contributed by atoms with Crippen LogP contribution in [0.25, 0.3) is 0 Å². The molecule has 1 aromatic carbocycles. The average Bonchev–Trinajstić information content (AvgIpc) is 2.34. The van der Waals surface area contributed by atoms with Crippen LogP contribution in [0.5, 0.6) is 5.75 Å². The van der Waals surface area contributed by atoms with E-state index in [1.54, 1.807) is 23.9 Å². The Bertz CT molecular complexity index is 437. The number of hydrogen-bond donors (Lipinski definition) is 1. The molecule has 0 saturated carbocycles. The molecular formula is C12H15FN2OS. The van der Waals surface area contributed by atoms with Gasteiger partial charge in [0.1, 0.15) is 0 Å². The molecule has 0 aromatic heterocycles. The van der Waals surface area contributed by atoms with Crippen molar-refractivity contribution in [2.24, 2.45) is 10.9 Å². The van der Waals surface area contributed by atoms with Crippen LogP contribution in [0.4, 0.5) is 10.1 Å². The second-order valence-electron chi connectivity index (χ2n) is 4.04. The lowest BCUT2D eigenvalue weighted by Crippen LogP contribution is -2.18. The van der Waals surface area contributed by atoms with Gasteiger partial charge in [-0.2, -0.15) is 0 Å². The number of nitrogens with one attached hydrogen (secondary N) is 1. The van der Waals surface area contributed by atoms with Crippen LogP contribution >= 0.6 is 11.8 Å². The molecule has 1 N–H and O–H groups in total. The molecule has 2 rings (SSSR count). The molecule has 1 unspecified atom stereocenters. The first-order valence-corrected chi connectivity index (χ1v) is 6.45. The Labute approximate surface area is 104 Å². The van der Waals surface area contributed by atoms with Crippen molar-refractivity contribution in [1.29, 1.82) is 0 Å². The highest BCUT2D eigenvalue weighted by Gasteiger charge is 2.12. The molecule has 1 heterocycles. The zero-order valence-corrected chi connectivity index (χ0v) is 10.7. The number of halogens is 1. The molecule has 92 valence electrons. The van der Waals surface area contributed by atoms with E-state index in [0.717, 1.165) is 23.2 Å². The summed E-state index contributed by atoms with van der Waals surface area (Å²) in [6, 6.07) is 4.70. The summed E-state index contributed by atoms with van der Waals surface area (Å²) in [4.78, 5) is 4.42. The van der Waals surface area contributed by atoms with E-state index >= 15 is 0 Å². The first kappa shape index (κ1) is 12.2. The van der Waals surface area contributed by atoms with Crippen LogP contribution in [0.3, 0.4) is 0 Å². The third-order valence-corrected chi connectivity index (χ3v) is 3.69. The molecule has 0 saturated heterocycles. The van der Waals surface area contributed by atoms with Crippen molar-refractivity contribution in [1.82, 2.24) is 0 Å². The number of rotatable bonds is 2. The molecule has 1 atom stereocenters. The van der Waals surface area contributed by atoms with E-state index in [1.807, 2.05) is 0 Å². The van der Waals surface area contributed by atoms with Crippen LogP contribution in [0, 0.1) is 11.7 Å². The molecule has 5 heteroatoms. The van der Waals surface area contributed by atoms with E-state index in [2.05, 4.69) is 17.2 Å². The van der Waals surface area contributed by atoms with Crippen molar-refractivity contribution >= 4 is 22.6 Å². The Hall–Kier alpha value is -1.23. The van der Waals surface area contributed by atoms with Gasteiger partial charge in [-0.25, -0.2) is 4.39 Å². The molecule has 3 nitrogen and oxygen atoms in total. The van der Waals surface area contributed by atoms with Crippen LogP contribution in [-0.2, 0) is 0 Å². The predicted molar refractivity (Wildman–Crippen MR) is 70.5 cm³/mol. The third kappa shape index (κ3) is 3.12. The summed E-state index contributed by atoms with van der Waals surface area (Å²) >= 11 is 1.69. The standard InChI is InChI=1S/C12H15FN2OS/c1-8-6-14-12(17-7-8)15-9-3-4-10(13)11(5-9)16-2/h3-5,8H,6-7H2,1-2H3,(H,14,15). The maximum Gasteiger partial charge on any atom is 0.165 e. The van der Waals surface area contributed by atoms with Crippen LogP contribution in [0.2, 0.25) is 0 Å². The summed E-state index contributed by atoms with van der Waals surface area (Å²) in [6.45, 7) is 3.02. The lowest BCUT2D eigenvalue weighted by Gasteiger charge is -2.18. The zero-order chi connectivity index (χ0) is 12.3. The minimum absolute atomic E-state index is 0.241. The largest absolute Gasteiger partial charge is 0.494 e. The summed E-state index contributed by atoms with van der Waals surface area (Å²) in [7, 11) is 1.46. The maximum atomic E-state index is 13.2. The summed E-state index contributed by atoms with van der Waals surface area (Å²) < 4.78 is 18.1. The van der Waals surface area contributed by atoms with Crippen molar-refractivity contribution in [3.63, 3.8) is 0 Å². The second-order valence-corrected chi connectivity index (χ2v) is 5.05. The molecular weight excluding hydrogens is 239 g/mol. The molecule has 0 aliphatic carbocycles. The smallest absolute Gasteiger partial charge is 0.165 e. The van der Waals surface area contributed by atoms with Crippen molar-refractivity contribution in [2.75, 3.05) is 24.7 Å². The molecule has 1 aliphatic heterocycles. The SMILES string of the molecule is COc1cc(NC2=NCC(C)CS2)ccc1F. The van der Waals surface area contributed by atoms with Gasteiger partial charge in [0.05, 0.1) is 7.11 Å². The minimum Gasteiger partial charge on any atom is -0.494 e. The van der Waals surface area contributed by atoms with Crippen LogP contribution < -0.4 is 10.1 Å². The van der Waals surface area contributed by atoms with Gasteiger partial charge < -0.3 is 10.1 Å². The van der Waals surface area contributed by atoms with Crippen LogP contribution in [0.15, 0.2) is 23.2 Å². The van der Waals surface area contributed by atoms with E-state index < -0.39 is 0 Å². The maximum absolute atomic E-state index is 13.2. The fraction of sp³-hybridized carbons (Fsp3) is 0.417. The lowest BCUT2D eigenvalue weighted by atomic mass is 10.2. The van der Waals surface area contributed by atoms with E-state index in [0.29, 0.717) is 5.92 Å². The number of amidine groups is 1. The lowest BCUT2D eigenvalue weighted by molar-refractivity contribution is 0.387. The number of benzene rings is 1. The number of thioether (sulfide) groups is 1. The fourth-order valence-electron chi connectivity index (χ4n) is 1.49. The van der Waals surface area contributed by atoms with E-state index in [-0.39, 0.29) is 11.6 Å². The highest BCUT2D eigenvalue weighted by atomic mass is 32.2. The van der Waals surface area contributed by atoms with Gasteiger partial charge in [-0.15, -0.1) is 0 Å². The van der Waals surface area contributed by atoms with Gasteiger partial charge in [0.25, 0.3) is 0 Å². The molecule has 0 fully saturated rings. The number of aliphatic imine (C=N–C) groups is 1. The quantitative estimate of drug-likeness (QED) is 0.881. The van der Waals surface area contributed by atoms with Crippen molar-refractivity contribution in [3.05, 3.63) is 24.0 Å². The Morgan fingerprint density at radius 3 is 3.00 bits per heavy atom. The van der Waals surface area contributed by atoms with Crippen molar-refractivity contribution in [3.8, 4) is 5.75 Å². The van der Waals surface area contributed by atoms with Crippen molar-refractivity contribution < 1.29 is 9.13 Å². The molecule has 1 aliphatic rings. The topological polar surface area (TPSA) is 33.6 Å². The van der Waals surface area contributed by atoms with Gasteiger partial charge in [0, 0.05) is 24.1 Å². The average molecular weight is 254 g/mol. The molecule has 0 radical (unpaired) electrons. The number of ether oxygens (including phenoxy) is 1. The number of nitrogens with zero attached hydrogens (tertiary/aromatic N) is 1. The van der Waals surface area contributed by atoms with Gasteiger partial charge in [0.2, 0.25) is 0 Å². The van der Waals surface area contributed by atoms with Crippen LogP contribution in [0.1, 0.15) is 6.92 Å². The first-order chi connectivity index (χ1) is 8.19. The van der Waals surface area contributed by atoms with Crippen molar-refractivity contribution in [2.45, 2.75) is 6.92 Å². The highest BCUT2D eigenvalue weighted by Crippen LogP contribution is 2.24. The summed E-state index contributed by atoms with van der Waals surface area (Å²) in [5.74, 6) is 1.56. The minimum atomic E-state index is -0.357. The predicted octanol–water partition coefficient (Wildman–Crippen LogP) is 2.99. The van der Waals surface area contributed by atoms with E-state index in [9.17, 15) is 4.39 Å². The Balaban J connectivity index is 2.08. The summed E-state index contributed by atoms with van der Waals surface area (Å²) in [5.41, 5.74) is 0.795. The number of anilines is 1. The summed E-state index contributed by atoms with van der Waals surface area (Å²) in [6.07, 6.45) is 0. The van der Waals surface area contributed by atoms with Gasteiger partial charge in [0.15, 0.2) is 16.7 Å². The zero-order valence-electron chi connectivity index (χ0n) is 9.87. The van der Waals surface area contributed by atoms with Gasteiger partial charge in [-0.1, -0.05) is 18.7 Å². The summed E-state index contributed by atoms with van der Waals surface area (Å²) in [5, 5.41) is 4.06. The number of methoxy groups -OCH3 is 1. The Kier molecular flexibility index (Phi) is 3.89. The van der Waals surface area contributed by atoms with Gasteiger partial charge >= 0.3 is 0 Å². The Morgan fingerprint density at radius 2 is 2.35 bits per heavy atom. The molecule has 1 aromatic rings. The second kappa shape index (κ2) is 5.40. The number of hydrogen-bond acceptors (Lipinski definition) is 4. The molecule has 0 amide bonds. The highest BCUT2D eigenvalue weighted by molar-refractivity contribution is 8.14. The van der Waals surface area contributed by atoms with E-state index in [4.69, 9.17) is 4.74 Å². The van der Waals surface area contributed by atoms with Gasteiger partial charge in [-0.05, 0) is 18.1 Å². The Morgan fingerprint density at radius 1 is 1.53 bits per heavy atom. The molecule has 0 bridgehead atoms. The first-order valence-electron chi connectivity index (χ1n) is 5.47. The molecule has 0 spiro atoms. The molecule has 17 heavy (non-hydrogen) atoms. The third-order valence-electron chi connectivity index (χ3n) is 2.45. The van der Waals surface area contributed by atoms with Gasteiger partial charge in [-0.3, -0.25) is 4.99 Å². The normalized spacial score (nSPS) is 19.7. The van der Waals surface area contributed by atoms with E-state index in [1.165, 1.54) is 13.2 Å². The fourth-order valence-corrected chi connectivity index (χ4v) is 2.40.